The molecule has 0 amide bonds. The molecule has 2 aliphatic carbocycles. The number of carbonyl (C=O) groups is 2. The molecule has 0 unspecified atom stereocenters. The third-order valence-electron chi connectivity index (χ3n) is 10.5. The van der Waals surface area contributed by atoms with Crippen molar-refractivity contribution in [2.24, 2.45) is 0 Å². The molecule has 304 valence electrons. The second-order valence-corrected chi connectivity index (χ2v) is 13.5. The van der Waals surface area contributed by atoms with Crippen molar-refractivity contribution in [2.75, 3.05) is 105 Å². The number of morpholine rings is 1. The second-order valence-electron chi connectivity index (χ2n) is 13.5. The minimum Gasteiger partial charge on any atom is -0.496 e. The number of carbonyl (C=O) groups excluding carboxylic acids is 2. The number of methoxy groups -OCH3 is 2. The molecule has 7 rings (SSSR count). The van der Waals surface area contributed by atoms with Gasteiger partial charge in [0.05, 0.1) is 63.1 Å². The van der Waals surface area contributed by atoms with Crippen molar-refractivity contribution >= 4 is 22.9 Å². The standard InChI is InChI=1S/C23H30N2O4.C21H24N2O5/c1-5-25(6-2)12-13-29-16-11-9-10-15-19(16)20-17(27-7-3)14-18(28-8-4)22(24)21(20)23(15)26;1-25-15-12-16(26-2)20(22)19-18(15)17-13(21(19)24)4-3-5-14(17)28-11-8-23-6-9-27-10-7-23/h9-11,14H,5-8,12-13,24H2,1-4H3;3-5,12H,6-11,22H2,1-2H3. The first-order valence-electron chi connectivity index (χ1n) is 19.6. The van der Waals surface area contributed by atoms with Gasteiger partial charge in [-0.2, -0.15) is 0 Å². The molecule has 4 aromatic carbocycles. The molecule has 4 N–H and O–H groups in total. The second kappa shape index (κ2) is 18.6. The Bertz CT molecular complexity index is 2090. The Morgan fingerprint density at radius 3 is 1.67 bits per heavy atom. The lowest BCUT2D eigenvalue weighted by Gasteiger charge is -2.26. The van der Waals surface area contributed by atoms with Crippen LogP contribution in [0.1, 0.15) is 59.5 Å². The van der Waals surface area contributed by atoms with Gasteiger partial charge in [-0.05, 0) is 39.1 Å². The summed E-state index contributed by atoms with van der Waals surface area (Å²) in [5.41, 5.74) is 18.1. The van der Waals surface area contributed by atoms with Gasteiger partial charge in [0.25, 0.3) is 0 Å². The summed E-state index contributed by atoms with van der Waals surface area (Å²) in [5, 5.41) is 0. The number of hydrogen-bond donors (Lipinski definition) is 2. The summed E-state index contributed by atoms with van der Waals surface area (Å²) in [6, 6.07) is 14.5. The normalized spacial score (nSPS) is 13.9. The summed E-state index contributed by atoms with van der Waals surface area (Å²) >= 11 is 0. The number of ketones is 2. The number of nitrogen functional groups attached to an aromatic ring is 2. The molecule has 0 saturated carbocycles. The molecule has 0 atom stereocenters. The summed E-state index contributed by atoms with van der Waals surface area (Å²) in [6.07, 6.45) is 0. The van der Waals surface area contributed by atoms with E-state index in [9.17, 15) is 9.59 Å². The first-order chi connectivity index (χ1) is 27.7. The van der Waals surface area contributed by atoms with Gasteiger partial charge in [0.1, 0.15) is 47.7 Å². The van der Waals surface area contributed by atoms with Crippen molar-refractivity contribution in [1.82, 2.24) is 9.80 Å². The van der Waals surface area contributed by atoms with Gasteiger partial charge in [0.15, 0.2) is 11.6 Å². The lowest BCUT2D eigenvalue weighted by molar-refractivity contribution is 0.0323. The topological polar surface area (TPSA) is 157 Å². The highest BCUT2D eigenvalue weighted by Gasteiger charge is 2.37. The van der Waals surface area contributed by atoms with E-state index in [1.54, 1.807) is 25.3 Å². The number of ether oxygens (including phenoxy) is 7. The number of anilines is 2. The van der Waals surface area contributed by atoms with Crippen molar-refractivity contribution in [1.29, 1.82) is 0 Å². The van der Waals surface area contributed by atoms with Crippen LogP contribution in [0.4, 0.5) is 11.4 Å². The Hall–Kier alpha value is -5.50. The maximum Gasteiger partial charge on any atom is 0.196 e. The predicted molar refractivity (Wildman–Crippen MR) is 221 cm³/mol. The largest absolute Gasteiger partial charge is 0.496 e. The zero-order chi connectivity index (χ0) is 40.6. The van der Waals surface area contributed by atoms with Gasteiger partial charge in [0, 0.05) is 71.7 Å². The molecule has 0 spiro atoms. The number of nitrogens with two attached hydrogens (primary N) is 2. The highest BCUT2D eigenvalue weighted by atomic mass is 16.5. The summed E-state index contributed by atoms with van der Waals surface area (Å²) < 4.78 is 40.0. The highest BCUT2D eigenvalue weighted by molar-refractivity contribution is 6.27. The highest BCUT2D eigenvalue weighted by Crippen LogP contribution is 2.53. The Kier molecular flexibility index (Phi) is 13.4. The van der Waals surface area contributed by atoms with E-state index in [0.29, 0.717) is 106 Å². The molecule has 1 aliphatic heterocycles. The molecular formula is C44H54N4O9. The van der Waals surface area contributed by atoms with Crippen LogP contribution in [0.25, 0.3) is 22.3 Å². The Morgan fingerprint density at radius 1 is 0.614 bits per heavy atom. The molecule has 4 aromatic rings. The number of fused-ring (bicyclic) bond motifs is 6. The van der Waals surface area contributed by atoms with Crippen LogP contribution in [0.3, 0.4) is 0 Å². The first kappa shape index (κ1) is 41.1. The van der Waals surface area contributed by atoms with E-state index in [4.69, 9.17) is 44.6 Å². The molecule has 0 aromatic heterocycles. The minimum absolute atomic E-state index is 0.121. The van der Waals surface area contributed by atoms with Crippen LogP contribution in [-0.4, -0.2) is 114 Å². The van der Waals surface area contributed by atoms with Crippen molar-refractivity contribution in [3.8, 4) is 56.8 Å². The lowest BCUT2D eigenvalue weighted by Crippen LogP contribution is -2.38. The van der Waals surface area contributed by atoms with Gasteiger partial charge in [-0.25, -0.2) is 0 Å². The van der Waals surface area contributed by atoms with Crippen LogP contribution >= 0.6 is 0 Å². The number of hydrogen-bond acceptors (Lipinski definition) is 13. The van der Waals surface area contributed by atoms with Crippen LogP contribution < -0.4 is 39.9 Å². The van der Waals surface area contributed by atoms with Gasteiger partial charge in [0.2, 0.25) is 0 Å². The van der Waals surface area contributed by atoms with Crippen LogP contribution in [-0.2, 0) is 4.74 Å². The van der Waals surface area contributed by atoms with Gasteiger partial charge in [-0.15, -0.1) is 0 Å². The molecule has 1 saturated heterocycles. The predicted octanol–water partition coefficient (Wildman–Crippen LogP) is 6.21. The number of nitrogens with zero attached hydrogens (tertiary/aromatic N) is 2. The average Bonchev–Trinajstić information content (AvgIpc) is 3.71. The molecule has 13 nitrogen and oxygen atoms in total. The van der Waals surface area contributed by atoms with Gasteiger partial charge >= 0.3 is 0 Å². The Morgan fingerprint density at radius 2 is 1.12 bits per heavy atom. The zero-order valence-electron chi connectivity index (χ0n) is 33.8. The third-order valence-corrected chi connectivity index (χ3v) is 10.5. The molecule has 57 heavy (non-hydrogen) atoms. The van der Waals surface area contributed by atoms with E-state index in [0.717, 1.165) is 63.6 Å². The van der Waals surface area contributed by atoms with E-state index >= 15 is 0 Å². The first-order valence-corrected chi connectivity index (χ1v) is 19.6. The third kappa shape index (κ3) is 8.18. The van der Waals surface area contributed by atoms with E-state index in [-0.39, 0.29) is 11.6 Å². The summed E-state index contributed by atoms with van der Waals surface area (Å²) in [6.45, 7) is 16.9. The lowest BCUT2D eigenvalue weighted by atomic mass is 10.0. The minimum atomic E-state index is -0.140. The van der Waals surface area contributed by atoms with Gasteiger partial charge in [-0.1, -0.05) is 38.1 Å². The molecule has 0 bridgehead atoms. The molecule has 1 heterocycles. The molecule has 0 radical (unpaired) electrons. The van der Waals surface area contributed by atoms with Crippen molar-refractivity contribution < 1.29 is 42.7 Å². The monoisotopic (exact) mass is 782 g/mol. The number of benzene rings is 4. The van der Waals surface area contributed by atoms with Crippen molar-refractivity contribution in [2.45, 2.75) is 27.7 Å². The fourth-order valence-electron chi connectivity index (χ4n) is 7.54. The van der Waals surface area contributed by atoms with Crippen molar-refractivity contribution in [3.05, 3.63) is 70.8 Å². The van der Waals surface area contributed by atoms with E-state index in [1.165, 1.54) is 7.11 Å². The van der Waals surface area contributed by atoms with E-state index < -0.39 is 0 Å². The van der Waals surface area contributed by atoms with Crippen LogP contribution in [0.15, 0.2) is 48.5 Å². The molecule has 1 fully saturated rings. The van der Waals surface area contributed by atoms with Crippen molar-refractivity contribution in [3.63, 3.8) is 0 Å². The Labute approximate surface area is 334 Å². The Balaban J connectivity index is 0.000000193. The fourth-order valence-corrected chi connectivity index (χ4v) is 7.54. The quantitative estimate of drug-likeness (QED) is 0.107. The van der Waals surface area contributed by atoms with E-state index in [1.807, 2.05) is 44.2 Å². The SMILES string of the molecule is CCOc1cc(OCC)c2c(c1N)C(=O)c1cccc(OCCN(CC)CC)c1-2.COc1cc(OC)c2c(c1N)C(=O)c1cccc(OCCN3CCOCC3)c1-2. The summed E-state index contributed by atoms with van der Waals surface area (Å²) in [7, 11) is 3.08. The summed E-state index contributed by atoms with van der Waals surface area (Å²) in [5.74, 6) is 3.09. The fraction of sp³-hybridized carbons (Fsp3) is 0.409. The maximum absolute atomic E-state index is 13.2. The molecular weight excluding hydrogens is 729 g/mol. The van der Waals surface area contributed by atoms with Gasteiger partial charge in [-0.3, -0.25) is 14.5 Å². The zero-order valence-corrected chi connectivity index (χ0v) is 33.8. The molecule has 13 heteroatoms. The summed E-state index contributed by atoms with van der Waals surface area (Å²) in [4.78, 5) is 30.8. The number of rotatable bonds is 16. The average molecular weight is 783 g/mol. The van der Waals surface area contributed by atoms with Crippen LogP contribution in [0.5, 0.6) is 34.5 Å². The van der Waals surface area contributed by atoms with E-state index in [2.05, 4.69) is 23.6 Å². The molecule has 3 aliphatic rings. The number of likely N-dealkylation sites (N-methyl/N-ethyl adjacent to an activating group) is 1. The smallest absolute Gasteiger partial charge is 0.196 e. The van der Waals surface area contributed by atoms with Crippen LogP contribution in [0.2, 0.25) is 0 Å². The maximum atomic E-state index is 13.2. The van der Waals surface area contributed by atoms with Gasteiger partial charge < -0.3 is 49.5 Å². The van der Waals surface area contributed by atoms with Crippen LogP contribution in [0, 0.1) is 0 Å².